The Morgan fingerprint density at radius 3 is 3.10 bits per heavy atom. The lowest BCUT2D eigenvalue weighted by Crippen LogP contribution is -2.30. The predicted octanol–water partition coefficient (Wildman–Crippen LogP) is 3.15. The first kappa shape index (κ1) is 13.9. The molecule has 21 heavy (non-hydrogen) atoms. The van der Waals surface area contributed by atoms with Gasteiger partial charge in [-0.15, -0.1) is 11.3 Å². The highest BCUT2D eigenvalue weighted by Gasteiger charge is 2.24. The number of anilines is 1. The standard InChI is InChI=1S/C16H18N2O2S/c1-20-14-7-8-21-15(14)16(19)18-13-4-2-3-10-9-11(17)5-6-12(10)13/h5-9,13H,2-4,17H2,1H3,(H,18,19). The van der Waals surface area contributed by atoms with E-state index >= 15 is 0 Å². The topological polar surface area (TPSA) is 64.3 Å². The number of rotatable bonds is 3. The highest BCUT2D eigenvalue weighted by molar-refractivity contribution is 7.12. The van der Waals surface area contributed by atoms with Crippen LogP contribution in [0.15, 0.2) is 29.6 Å². The van der Waals surface area contributed by atoms with E-state index in [1.54, 1.807) is 7.11 Å². The Bertz CT molecular complexity index is 666. The molecule has 0 bridgehead atoms. The fourth-order valence-corrected chi connectivity index (χ4v) is 3.59. The van der Waals surface area contributed by atoms with Gasteiger partial charge in [0.1, 0.15) is 10.6 Å². The van der Waals surface area contributed by atoms with Gasteiger partial charge in [-0.2, -0.15) is 0 Å². The largest absolute Gasteiger partial charge is 0.495 e. The zero-order valence-corrected chi connectivity index (χ0v) is 12.7. The lowest BCUT2D eigenvalue weighted by molar-refractivity contribution is 0.0934. The molecular weight excluding hydrogens is 284 g/mol. The Morgan fingerprint density at radius 1 is 1.43 bits per heavy atom. The van der Waals surface area contributed by atoms with Crippen LogP contribution in [0.1, 0.15) is 39.7 Å². The summed E-state index contributed by atoms with van der Waals surface area (Å²) in [6, 6.07) is 7.80. The van der Waals surface area contributed by atoms with E-state index in [1.807, 2.05) is 29.6 Å². The number of nitrogens with two attached hydrogens (primary N) is 1. The molecule has 3 N–H and O–H groups in total. The van der Waals surface area contributed by atoms with Crippen molar-refractivity contribution in [2.24, 2.45) is 0 Å². The van der Waals surface area contributed by atoms with E-state index in [-0.39, 0.29) is 11.9 Å². The van der Waals surface area contributed by atoms with Gasteiger partial charge in [-0.1, -0.05) is 6.07 Å². The molecule has 5 heteroatoms. The second kappa shape index (κ2) is 5.77. The van der Waals surface area contributed by atoms with Crippen molar-refractivity contribution in [1.29, 1.82) is 0 Å². The summed E-state index contributed by atoms with van der Waals surface area (Å²) in [6.45, 7) is 0. The van der Waals surface area contributed by atoms with Crippen LogP contribution in [0.2, 0.25) is 0 Å². The average Bonchev–Trinajstić information content (AvgIpc) is 2.95. The summed E-state index contributed by atoms with van der Waals surface area (Å²) in [5.41, 5.74) is 9.04. The maximum Gasteiger partial charge on any atom is 0.265 e. The minimum absolute atomic E-state index is 0.0497. The summed E-state index contributed by atoms with van der Waals surface area (Å²) >= 11 is 1.40. The van der Waals surface area contributed by atoms with Crippen molar-refractivity contribution < 1.29 is 9.53 Å². The molecule has 3 rings (SSSR count). The van der Waals surface area contributed by atoms with E-state index < -0.39 is 0 Å². The summed E-state index contributed by atoms with van der Waals surface area (Å²) in [5, 5.41) is 4.99. The number of ether oxygens (including phenoxy) is 1. The highest BCUT2D eigenvalue weighted by Crippen LogP contribution is 2.32. The van der Waals surface area contributed by atoms with Crippen LogP contribution in [0.5, 0.6) is 5.75 Å². The van der Waals surface area contributed by atoms with Crippen molar-refractivity contribution in [3.63, 3.8) is 0 Å². The van der Waals surface area contributed by atoms with E-state index in [1.165, 1.54) is 22.5 Å². The molecule has 110 valence electrons. The molecule has 1 aliphatic carbocycles. The first-order chi connectivity index (χ1) is 10.2. The number of nitrogens with one attached hydrogen (secondary N) is 1. The van der Waals surface area contributed by atoms with Crippen LogP contribution in [0.3, 0.4) is 0 Å². The lowest BCUT2D eigenvalue weighted by atomic mass is 9.87. The Morgan fingerprint density at radius 2 is 2.29 bits per heavy atom. The minimum Gasteiger partial charge on any atom is -0.495 e. The smallest absolute Gasteiger partial charge is 0.265 e. The van der Waals surface area contributed by atoms with Crippen molar-refractivity contribution in [2.45, 2.75) is 25.3 Å². The lowest BCUT2D eigenvalue weighted by Gasteiger charge is -2.26. The fraction of sp³-hybridized carbons (Fsp3) is 0.312. The molecule has 0 fully saturated rings. The Balaban J connectivity index is 1.82. The van der Waals surface area contributed by atoms with Crippen molar-refractivity contribution in [3.8, 4) is 5.75 Å². The summed E-state index contributed by atoms with van der Waals surface area (Å²) < 4.78 is 5.21. The Hall–Kier alpha value is -2.01. The molecule has 2 aromatic rings. The molecule has 1 atom stereocenters. The van der Waals surface area contributed by atoms with E-state index in [0.29, 0.717) is 10.6 Å². The summed E-state index contributed by atoms with van der Waals surface area (Å²) in [5.74, 6) is 0.558. The first-order valence-corrected chi connectivity index (χ1v) is 7.87. The Labute approximate surface area is 127 Å². The normalized spacial score (nSPS) is 17.1. The highest BCUT2D eigenvalue weighted by atomic mass is 32.1. The van der Waals surface area contributed by atoms with Crippen LogP contribution in [-0.4, -0.2) is 13.0 Å². The van der Waals surface area contributed by atoms with Crippen molar-refractivity contribution in [2.75, 3.05) is 12.8 Å². The summed E-state index contributed by atoms with van der Waals surface area (Å²) in [7, 11) is 1.58. The van der Waals surface area contributed by atoms with Crippen LogP contribution >= 0.6 is 11.3 Å². The van der Waals surface area contributed by atoms with E-state index in [9.17, 15) is 4.79 Å². The van der Waals surface area contributed by atoms with Crippen LogP contribution < -0.4 is 15.8 Å². The molecule has 0 radical (unpaired) electrons. The van der Waals surface area contributed by atoms with Crippen LogP contribution in [0.25, 0.3) is 0 Å². The van der Waals surface area contributed by atoms with E-state index in [4.69, 9.17) is 10.5 Å². The molecular formula is C16H18N2O2S. The molecule has 4 nitrogen and oxygen atoms in total. The maximum absolute atomic E-state index is 12.4. The van der Waals surface area contributed by atoms with Gasteiger partial charge < -0.3 is 15.8 Å². The van der Waals surface area contributed by atoms with Crippen LogP contribution in [0, 0.1) is 0 Å². The molecule has 1 aromatic heterocycles. The fourth-order valence-electron chi connectivity index (χ4n) is 2.83. The van der Waals surface area contributed by atoms with Crippen molar-refractivity contribution >= 4 is 22.9 Å². The number of amides is 1. The third-order valence-corrected chi connectivity index (χ3v) is 4.74. The quantitative estimate of drug-likeness (QED) is 0.856. The molecule has 0 spiro atoms. The number of nitrogen functional groups attached to an aromatic ring is 1. The summed E-state index contributed by atoms with van der Waals surface area (Å²) in [6.07, 6.45) is 3.04. The van der Waals surface area contributed by atoms with Gasteiger partial charge in [0.15, 0.2) is 0 Å². The third-order valence-electron chi connectivity index (χ3n) is 3.84. The minimum atomic E-state index is -0.0727. The number of methoxy groups -OCH3 is 1. The third kappa shape index (κ3) is 2.74. The predicted molar refractivity (Wildman–Crippen MR) is 84.9 cm³/mol. The molecule has 1 aromatic carbocycles. The van der Waals surface area contributed by atoms with Gasteiger partial charge in [0, 0.05) is 5.69 Å². The first-order valence-electron chi connectivity index (χ1n) is 6.99. The van der Waals surface area contributed by atoms with E-state index in [2.05, 4.69) is 5.32 Å². The molecule has 0 saturated carbocycles. The van der Waals surface area contributed by atoms with Gasteiger partial charge in [0.25, 0.3) is 5.91 Å². The van der Waals surface area contributed by atoms with Gasteiger partial charge >= 0.3 is 0 Å². The molecule has 1 heterocycles. The van der Waals surface area contributed by atoms with Gasteiger partial charge in [-0.25, -0.2) is 0 Å². The van der Waals surface area contributed by atoms with E-state index in [0.717, 1.165) is 24.9 Å². The molecule has 1 unspecified atom stereocenters. The zero-order chi connectivity index (χ0) is 14.8. The summed E-state index contributed by atoms with van der Waals surface area (Å²) in [4.78, 5) is 13.1. The Kier molecular flexibility index (Phi) is 3.84. The average molecular weight is 302 g/mol. The van der Waals surface area contributed by atoms with Crippen molar-refractivity contribution in [3.05, 3.63) is 45.6 Å². The zero-order valence-electron chi connectivity index (χ0n) is 11.9. The molecule has 0 aliphatic heterocycles. The van der Waals surface area contributed by atoms with Gasteiger partial charge in [0.05, 0.1) is 13.2 Å². The number of fused-ring (bicyclic) bond motifs is 1. The second-order valence-electron chi connectivity index (χ2n) is 5.19. The van der Waals surface area contributed by atoms with Gasteiger partial charge in [-0.3, -0.25) is 4.79 Å². The van der Waals surface area contributed by atoms with Crippen LogP contribution in [-0.2, 0) is 6.42 Å². The second-order valence-corrected chi connectivity index (χ2v) is 6.11. The number of carbonyl (C=O) groups excluding carboxylic acids is 1. The number of carbonyl (C=O) groups is 1. The molecule has 0 saturated heterocycles. The number of hydrogen-bond donors (Lipinski definition) is 2. The maximum atomic E-state index is 12.4. The number of benzene rings is 1. The number of thiophene rings is 1. The van der Waals surface area contributed by atoms with Gasteiger partial charge in [-0.05, 0) is 54.0 Å². The van der Waals surface area contributed by atoms with Gasteiger partial charge in [0.2, 0.25) is 0 Å². The number of aryl methyl sites for hydroxylation is 1. The molecule has 1 amide bonds. The number of hydrogen-bond acceptors (Lipinski definition) is 4. The SMILES string of the molecule is COc1ccsc1C(=O)NC1CCCc2cc(N)ccc21. The molecule has 1 aliphatic rings. The van der Waals surface area contributed by atoms with Crippen molar-refractivity contribution in [1.82, 2.24) is 5.32 Å². The van der Waals surface area contributed by atoms with Crippen LogP contribution in [0.4, 0.5) is 5.69 Å². The monoisotopic (exact) mass is 302 g/mol.